The van der Waals surface area contributed by atoms with Crippen molar-refractivity contribution in [1.29, 1.82) is 0 Å². The topological polar surface area (TPSA) is 68.0 Å². The minimum atomic E-state index is 0.00477. The quantitative estimate of drug-likeness (QED) is 0.618. The van der Waals surface area contributed by atoms with E-state index in [9.17, 15) is 4.79 Å². The molecule has 30 heavy (non-hydrogen) atoms. The van der Waals surface area contributed by atoms with Gasteiger partial charge in [0, 0.05) is 49.1 Å². The summed E-state index contributed by atoms with van der Waals surface area (Å²) in [4.78, 5) is 19.4. The molecule has 1 aliphatic rings. The molecule has 2 amide bonds. The number of fused-ring (bicyclic) bond motifs is 1. The molecule has 1 fully saturated rings. The van der Waals surface area contributed by atoms with Gasteiger partial charge in [0.25, 0.3) is 0 Å². The van der Waals surface area contributed by atoms with E-state index in [2.05, 4.69) is 38.2 Å². The molecule has 0 radical (unpaired) electrons. The van der Waals surface area contributed by atoms with Gasteiger partial charge in [-0.05, 0) is 51.3 Å². The highest BCUT2D eigenvalue weighted by Gasteiger charge is 2.27. The molecule has 2 heterocycles. The number of imidazole rings is 1. The van der Waals surface area contributed by atoms with Crippen molar-refractivity contribution in [3.8, 4) is 0 Å². The van der Waals surface area contributed by atoms with Crippen LogP contribution in [0.1, 0.15) is 49.9 Å². The minimum absolute atomic E-state index is 0.00477. The third-order valence-electron chi connectivity index (χ3n) is 6.23. The Balaban J connectivity index is 1.50. The number of aryl methyl sites for hydroxylation is 4. The second-order valence-corrected chi connectivity index (χ2v) is 8.39. The summed E-state index contributed by atoms with van der Waals surface area (Å²) < 4.78 is 4.02. The molecule has 2 aromatic heterocycles. The first kappa shape index (κ1) is 20.4. The summed E-state index contributed by atoms with van der Waals surface area (Å²) in [5, 5.41) is 8.80. The zero-order valence-electron chi connectivity index (χ0n) is 18.3. The Morgan fingerprint density at radius 3 is 2.77 bits per heavy atom. The number of rotatable bonds is 6. The van der Waals surface area contributed by atoms with Crippen molar-refractivity contribution in [2.75, 3.05) is 11.4 Å². The van der Waals surface area contributed by atoms with Crippen molar-refractivity contribution in [3.63, 3.8) is 0 Å². The highest BCUT2D eigenvalue weighted by atomic mass is 16.2. The van der Waals surface area contributed by atoms with E-state index in [1.807, 2.05) is 43.0 Å². The lowest BCUT2D eigenvalue weighted by atomic mass is 9.94. The second kappa shape index (κ2) is 8.90. The molecule has 7 heteroatoms. The molecular formula is C23H32N6O. The number of nitrogens with one attached hydrogen (secondary N) is 1. The van der Waals surface area contributed by atoms with E-state index in [-0.39, 0.29) is 12.1 Å². The second-order valence-electron chi connectivity index (χ2n) is 8.39. The zero-order valence-corrected chi connectivity index (χ0v) is 18.3. The number of aromatic nitrogens is 4. The molecule has 0 unspecified atom stereocenters. The van der Waals surface area contributed by atoms with Crippen LogP contribution in [-0.4, -0.2) is 37.9 Å². The van der Waals surface area contributed by atoms with Gasteiger partial charge >= 0.3 is 6.03 Å². The highest BCUT2D eigenvalue weighted by molar-refractivity contribution is 5.96. The Kier molecular flexibility index (Phi) is 6.06. The van der Waals surface area contributed by atoms with Crippen LogP contribution in [0.4, 0.5) is 10.5 Å². The molecular weight excluding hydrogens is 376 g/mol. The average Bonchev–Trinajstić information content (AvgIpc) is 3.28. The van der Waals surface area contributed by atoms with Crippen LogP contribution < -0.4 is 10.2 Å². The van der Waals surface area contributed by atoms with Gasteiger partial charge in [-0.25, -0.2) is 9.78 Å². The minimum Gasteiger partial charge on any atom is -0.338 e. The fourth-order valence-corrected chi connectivity index (χ4v) is 4.56. The van der Waals surface area contributed by atoms with Gasteiger partial charge in [0.1, 0.15) is 0 Å². The number of benzene rings is 1. The maximum Gasteiger partial charge on any atom is 0.322 e. The lowest BCUT2D eigenvalue weighted by Crippen LogP contribution is -2.47. The third kappa shape index (κ3) is 4.20. The van der Waals surface area contributed by atoms with E-state index in [0.29, 0.717) is 6.54 Å². The summed E-state index contributed by atoms with van der Waals surface area (Å²) in [5.74, 6) is 0. The molecule has 3 aromatic rings. The van der Waals surface area contributed by atoms with Gasteiger partial charge in [0.2, 0.25) is 0 Å². The van der Waals surface area contributed by atoms with Crippen LogP contribution in [0.15, 0.2) is 30.7 Å². The van der Waals surface area contributed by atoms with E-state index in [0.717, 1.165) is 53.8 Å². The van der Waals surface area contributed by atoms with Crippen LogP contribution in [-0.2, 0) is 13.6 Å². The number of amides is 2. The van der Waals surface area contributed by atoms with Crippen LogP contribution in [0.2, 0.25) is 0 Å². The number of hydrogen-bond donors (Lipinski definition) is 1. The summed E-state index contributed by atoms with van der Waals surface area (Å²) >= 11 is 0. The van der Waals surface area contributed by atoms with Crippen molar-refractivity contribution in [1.82, 2.24) is 24.6 Å². The normalized spacial score (nSPS) is 14.9. The van der Waals surface area contributed by atoms with Crippen LogP contribution in [0, 0.1) is 13.8 Å². The maximum absolute atomic E-state index is 13.3. The largest absolute Gasteiger partial charge is 0.338 e. The number of anilines is 1. The molecule has 160 valence electrons. The third-order valence-corrected chi connectivity index (χ3v) is 6.23. The summed E-state index contributed by atoms with van der Waals surface area (Å²) in [5.41, 5.74) is 4.20. The van der Waals surface area contributed by atoms with Crippen LogP contribution >= 0.6 is 0 Å². The molecule has 0 saturated heterocycles. The Bertz CT molecular complexity index is 1010. The zero-order chi connectivity index (χ0) is 21.1. The number of hydrogen-bond acceptors (Lipinski definition) is 3. The first-order valence-electron chi connectivity index (χ1n) is 11.0. The van der Waals surface area contributed by atoms with Gasteiger partial charge in [0.05, 0.1) is 17.5 Å². The number of nitrogens with zero attached hydrogens (tertiary/aromatic N) is 5. The molecule has 1 aromatic carbocycles. The van der Waals surface area contributed by atoms with Gasteiger partial charge in [0.15, 0.2) is 0 Å². The lowest BCUT2D eigenvalue weighted by molar-refractivity contribution is 0.241. The van der Waals surface area contributed by atoms with Gasteiger partial charge in [-0.3, -0.25) is 9.58 Å². The van der Waals surface area contributed by atoms with E-state index >= 15 is 0 Å². The van der Waals surface area contributed by atoms with Crippen LogP contribution in [0.25, 0.3) is 10.9 Å². The smallest absolute Gasteiger partial charge is 0.322 e. The fourth-order valence-electron chi connectivity index (χ4n) is 4.56. The Hall–Kier alpha value is -2.83. The number of carbonyl (C=O) groups excluding carboxylic acids is 1. The summed E-state index contributed by atoms with van der Waals surface area (Å²) in [6, 6.07) is 6.53. The van der Waals surface area contributed by atoms with E-state index in [1.165, 1.54) is 19.3 Å². The van der Waals surface area contributed by atoms with Crippen LogP contribution in [0.5, 0.6) is 0 Å². The van der Waals surface area contributed by atoms with Crippen molar-refractivity contribution in [2.24, 2.45) is 7.05 Å². The van der Waals surface area contributed by atoms with Gasteiger partial charge in [-0.15, -0.1) is 0 Å². The molecule has 1 N–H and O–H groups in total. The van der Waals surface area contributed by atoms with E-state index in [1.54, 1.807) is 0 Å². The molecule has 1 saturated carbocycles. The number of urea groups is 1. The molecule has 0 aliphatic heterocycles. The van der Waals surface area contributed by atoms with E-state index in [4.69, 9.17) is 0 Å². The summed E-state index contributed by atoms with van der Waals surface area (Å²) in [7, 11) is 1.96. The summed E-state index contributed by atoms with van der Waals surface area (Å²) in [6.07, 6.45) is 10.3. The lowest BCUT2D eigenvalue weighted by Gasteiger charge is -2.34. The molecule has 4 rings (SSSR count). The summed E-state index contributed by atoms with van der Waals surface area (Å²) in [6.45, 7) is 5.58. The van der Waals surface area contributed by atoms with Crippen molar-refractivity contribution in [2.45, 2.75) is 65.0 Å². The molecule has 0 bridgehead atoms. The molecule has 7 nitrogen and oxygen atoms in total. The first-order valence-corrected chi connectivity index (χ1v) is 11.0. The van der Waals surface area contributed by atoms with E-state index < -0.39 is 0 Å². The van der Waals surface area contributed by atoms with Crippen molar-refractivity contribution < 1.29 is 4.79 Å². The average molecular weight is 409 g/mol. The predicted octanol–water partition coefficient (Wildman–Crippen LogP) is 4.33. The first-order chi connectivity index (χ1) is 14.5. The molecule has 0 spiro atoms. The number of carbonyl (C=O) groups is 1. The van der Waals surface area contributed by atoms with Gasteiger partial charge in [-0.2, -0.15) is 5.10 Å². The monoisotopic (exact) mass is 408 g/mol. The van der Waals surface area contributed by atoms with Gasteiger partial charge < -0.3 is 9.88 Å². The molecule has 0 atom stereocenters. The highest BCUT2D eigenvalue weighted by Crippen LogP contribution is 2.30. The van der Waals surface area contributed by atoms with Crippen molar-refractivity contribution in [3.05, 3.63) is 42.1 Å². The fraction of sp³-hybridized carbons (Fsp3) is 0.522. The maximum atomic E-state index is 13.3. The van der Waals surface area contributed by atoms with Gasteiger partial charge in [-0.1, -0.05) is 19.3 Å². The molecule has 1 aliphatic carbocycles. The predicted molar refractivity (Wildman–Crippen MR) is 120 cm³/mol. The Labute approximate surface area is 178 Å². The van der Waals surface area contributed by atoms with Crippen molar-refractivity contribution >= 4 is 22.6 Å². The van der Waals surface area contributed by atoms with Crippen LogP contribution in [0.3, 0.4) is 0 Å². The standard InChI is InChI=1S/C23H32N6O/c1-17-15-24-16-28(17)13-7-12-25-23(30)29(19-8-5-4-6-9-19)20-10-11-22-21(14-20)18(2)26-27(22)3/h10-11,14-16,19H,4-9,12-13H2,1-3H3,(H,25,30). The SMILES string of the molecule is Cc1nn(C)c2ccc(N(C(=O)NCCCn3cncc3C)C3CCCCC3)cc12. The Morgan fingerprint density at radius 2 is 2.03 bits per heavy atom. The Morgan fingerprint density at radius 1 is 1.23 bits per heavy atom.